The van der Waals surface area contributed by atoms with Gasteiger partial charge in [0.1, 0.15) is 17.3 Å². The molecule has 0 N–H and O–H groups in total. The molecule has 176 valence electrons. The number of aromatic nitrogens is 4. The van der Waals surface area contributed by atoms with Gasteiger partial charge in [-0.2, -0.15) is 0 Å². The Hall–Kier alpha value is -2.56. The number of pyridine rings is 1. The first kappa shape index (κ1) is 23.6. The summed E-state index contributed by atoms with van der Waals surface area (Å²) in [6.45, 7) is 7.06. The van der Waals surface area contributed by atoms with Crippen LogP contribution in [0.5, 0.6) is 0 Å². The number of rotatable bonds is 7. The normalized spacial score (nSPS) is 15.4. The van der Waals surface area contributed by atoms with Crippen LogP contribution >= 0.6 is 11.6 Å². The van der Waals surface area contributed by atoms with Crippen LogP contribution in [0.3, 0.4) is 0 Å². The molecular formula is C22H26ClFN6O2S. The molecule has 1 saturated heterocycles. The number of benzene rings is 1. The molecule has 0 aliphatic carbocycles. The van der Waals surface area contributed by atoms with Crippen molar-refractivity contribution in [2.75, 3.05) is 31.1 Å². The SMILES string of the molecule is CC(C)S(=O)(=O)Cc1cccc(N2CCN(Cc3cn(-c4ccc(Cl)cc4F)nn3)CC2)n1. The molecule has 1 aliphatic heterocycles. The lowest BCUT2D eigenvalue weighted by atomic mass is 10.2. The maximum atomic E-state index is 14.1. The first-order chi connectivity index (χ1) is 15.7. The van der Waals surface area contributed by atoms with Crippen molar-refractivity contribution in [3.05, 3.63) is 64.8 Å². The molecule has 1 aliphatic rings. The first-order valence-corrected chi connectivity index (χ1v) is 12.8. The largest absolute Gasteiger partial charge is 0.354 e. The molecule has 1 fully saturated rings. The Balaban J connectivity index is 1.35. The lowest BCUT2D eigenvalue weighted by molar-refractivity contribution is 0.246. The standard InChI is InChI=1S/C22H26ClFN6O2S/c1-16(2)33(31,32)15-18-4-3-5-22(25-18)29-10-8-28(9-11-29)13-19-14-30(27-26-19)21-7-6-17(23)12-20(21)24/h3-7,12,14,16H,8-11,13,15H2,1-2H3. The minimum Gasteiger partial charge on any atom is -0.354 e. The van der Waals surface area contributed by atoms with E-state index in [9.17, 15) is 12.8 Å². The fourth-order valence-corrected chi connectivity index (χ4v) is 4.68. The smallest absolute Gasteiger partial charge is 0.158 e. The molecule has 0 atom stereocenters. The molecule has 11 heteroatoms. The number of hydrogen-bond acceptors (Lipinski definition) is 7. The van der Waals surface area contributed by atoms with E-state index in [1.165, 1.54) is 10.7 Å². The Labute approximate surface area is 197 Å². The fourth-order valence-electron chi connectivity index (χ4n) is 3.62. The lowest BCUT2D eigenvalue weighted by Gasteiger charge is -2.35. The fraction of sp³-hybridized carbons (Fsp3) is 0.409. The molecule has 3 heterocycles. The number of piperazine rings is 1. The minimum atomic E-state index is -3.20. The zero-order chi connectivity index (χ0) is 23.6. The first-order valence-electron chi connectivity index (χ1n) is 10.7. The van der Waals surface area contributed by atoms with Gasteiger partial charge < -0.3 is 4.90 Å². The van der Waals surface area contributed by atoms with E-state index in [1.54, 1.807) is 38.2 Å². The van der Waals surface area contributed by atoms with Gasteiger partial charge in [0.05, 0.1) is 28.6 Å². The van der Waals surface area contributed by atoms with Crippen LogP contribution < -0.4 is 4.90 Å². The second kappa shape index (κ2) is 9.74. The molecule has 4 rings (SSSR count). The zero-order valence-electron chi connectivity index (χ0n) is 18.5. The summed E-state index contributed by atoms with van der Waals surface area (Å²) < 4.78 is 40.0. The van der Waals surface area contributed by atoms with E-state index in [1.807, 2.05) is 12.1 Å². The zero-order valence-corrected chi connectivity index (χ0v) is 20.1. The van der Waals surface area contributed by atoms with E-state index in [0.29, 0.717) is 22.9 Å². The molecule has 0 bridgehead atoms. The third-order valence-corrected chi connectivity index (χ3v) is 8.01. The van der Waals surface area contributed by atoms with Crippen molar-refractivity contribution in [1.82, 2.24) is 24.9 Å². The predicted octanol–water partition coefficient (Wildman–Crippen LogP) is 3.10. The van der Waals surface area contributed by atoms with Crippen LogP contribution in [0.2, 0.25) is 5.02 Å². The number of nitrogens with zero attached hydrogens (tertiary/aromatic N) is 6. The molecule has 8 nitrogen and oxygen atoms in total. The number of anilines is 1. The van der Waals surface area contributed by atoms with Gasteiger partial charge in [-0.15, -0.1) is 5.10 Å². The number of halogens is 2. The van der Waals surface area contributed by atoms with Crippen molar-refractivity contribution in [3.8, 4) is 5.69 Å². The second-order valence-corrected chi connectivity index (χ2v) is 11.4. The minimum absolute atomic E-state index is 0.0532. The van der Waals surface area contributed by atoms with Crippen LogP contribution in [-0.2, 0) is 22.1 Å². The van der Waals surface area contributed by atoms with Crippen LogP contribution in [-0.4, -0.2) is 64.7 Å². The summed E-state index contributed by atoms with van der Waals surface area (Å²) in [5.41, 5.74) is 1.61. The quantitative estimate of drug-likeness (QED) is 0.501. The monoisotopic (exact) mass is 492 g/mol. The summed E-state index contributed by atoms with van der Waals surface area (Å²) in [7, 11) is -3.20. The topological polar surface area (TPSA) is 84.2 Å². The van der Waals surface area contributed by atoms with Gasteiger partial charge in [0.2, 0.25) is 0 Å². The molecule has 0 radical (unpaired) electrons. The molecular weight excluding hydrogens is 467 g/mol. The Morgan fingerprint density at radius 2 is 1.85 bits per heavy atom. The highest BCUT2D eigenvalue weighted by Crippen LogP contribution is 2.19. The molecule has 0 amide bonds. The van der Waals surface area contributed by atoms with Gasteiger partial charge in [-0.05, 0) is 44.2 Å². The summed E-state index contributed by atoms with van der Waals surface area (Å²) >= 11 is 5.82. The highest BCUT2D eigenvalue weighted by Gasteiger charge is 2.21. The summed E-state index contributed by atoms with van der Waals surface area (Å²) in [5.74, 6) is 0.279. The summed E-state index contributed by atoms with van der Waals surface area (Å²) in [6, 6.07) is 9.96. The molecule has 2 aromatic heterocycles. The molecule has 0 spiro atoms. The van der Waals surface area contributed by atoms with Gasteiger partial charge in [0.25, 0.3) is 0 Å². The number of hydrogen-bond donors (Lipinski definition) is 0. The van der Waals surface area contributed by atoms with Crippen molar-refractivity contribution in [2.45, 2.75) is 31.4 Å². The van der Waals surface area contributed by atoms with Crippen molar-refractivity contribution in [3.63, 3.8) is 0 Å². The van der Waals surface area contributed by atoms with Gasteiger partial charge in [0, 0.05) is 37.7 Å². The molecule has 0 unspecified atom stereocenters. The van der Waals surface area contributed by atoms with E-state index < -0.39 is 20.9 Å². The van der Waals surface area contributed by atoms with Gasteiger partial charge in [0.15, 0.2) is 9.84 Å². The van der Waals surface area contributed by atoms with Crippen LogP contribution in [0.25, 0.3) is 5.69 Å². The average Bonchev–Trinajstić information content (AvgIpc) is 3.22. The van der Waals surface area contributed by atoms with Gasteiger partial charge in [-0.3, -0.25) is 4.90 Å². The number of sulfone groups is 1. The second-order valence-electron chi connectivity index (χ2n) is 8.36. The van der Waals surface area contributed by atoms with Crippen LogP contribution in [0.4, 0.5) is 10.2 Å². The average molecular weight is 493 g/mol. The summed E-state index contributed by atoms with van der Waals surface area (Å²) in [5, 5.41) is 8.12. The molecule has 33 heavy (non-hydrogen) atoms. The summed E-state index contributed by atoms with van der Waals surface area (Å²) in [4.78, 5) is 8.98. The third-order valence-electron chi connectivity index (χ3n) is 5.64. The summed E-state index contributed by atoms with van der Waals surface area (Å²) in [6.07, 6.45) is 1.72. The van der Waals surface area contributed by atoms with Crippen molar-refractivity contribution >= 4 is 27.3 Å². The van der Waals surface area contributed by atoms with Crippen molar-refractivity contribution in [1.29, 1.82) is 0 Å². The third kappa shape index (κ3) is 5.69. The van der Waals surface area contributed by atoms with Crippen LogP contribution in [0, 0.1) is 5.82 Å². The molecule has 1 aromatic carbocycles. The Morgan fingerprint density at radius 3 is 2.55 bits per heavy atom. The highest BCUT2D eigenvalue weighted by atomic mass is 35.5. The van der Waals surface area contributed by atoms with E-state index in [-0.39, 0.29) is 5.75 Å². The van der Waals surface area contributed by atoms with E-state index in [0.717, 1.165) is 37.7 Å². The maximum Gasteiger partial charge on any atom is 0.158 e. The van der Waals surface area contributed by atoms with E-state index >= 15 is 0 Å². The van der Waals surface area contributed by atoms with Gasteiger partial charge in [-0.25, -0.2) is 22.5 Å². The van der Waals surface area contributed by atoms with Crippen molar-refractivity contribution < 1.29 is 12.8 Å². The Bertz CT molecular complexity index is 1230. The van der Waals surface area contributed by atoms with E-state index in [2.05, 4.69) is 25.1 Å². The van der Waals surface area contributed by atoms with Gasteiger partial charge >= 0.3 is 0 Å². The van der Waals surface area contributed by atoms with Gasteiger partial charge in [-0.1, -0.05) is 22.9 Å². The van der Waals surface area contributed by atoms with Crippen LogP contribution in [0.1, 0.15) is 25.2 Å². The Kier molecular flexibility index (Phi) is 6.96. The molecule has 0 saturated carbocycles. The van der Waals surface area contributed by atoms with Crippen molar-refractivity contribution in [2.24, 2.45) is 0 Å². The Morgan fingerprint density at radius 1 is 1.09 bits per heavy atom. The van der Waals surface area contributed by atoms with Crippen LogP contribution in [0.15, 0.2) is 42.6 Å². The highest BCUT2D eigenvalue weighted by molar-refractivity contribution is 7.91. The molecule has 3 aromatic rings. The maximum absolute atomic E-state index is 14.1. The lowest BCUT2D eigenvalue weighted by Crippen LogP contribution is -2.46. The van der Waals surface area contributed by atoms with E-state index in [4.69, 9.17) is 11.6 Å². The predicted molar refractivity (Wildman–Crippen MR) is 126 cm³/mol.